The van der Waals surface area contributed by atoms with Gasteiger partial charge in [0.2, 0.25) is 0 Å². The predicted octanol–water partition coefficient (Wildman–Crippen LogP) is 2.28. The highest BCUT2D eigenvalue weighted by atomic mass is 15.2. The zero-order valence-electron chi connectivity index (χ0n) is 13.8. The van der Waals surface area contributed by atoms with Crippen LogP contribution in [0.4, 0.5) is 0 Å². The molecule has 0 aliphatic heterocycles. The Morgan fingerprint density at radius 2 is 1.89 bits per heavy atom. The summed E-state index contributed by atoms with van der Waals surface area (Å²) in [6.07, 6.45) is 4.20. The number of nitrogens with one attached hydrogen (secondary N) is 1. The summed E-state index contributed by atoms with van der Waals surface area (Å²) in [4.78, 5) is 4.98. The van der Waals surface area contributed by atoms with Gasteiger partial charge in [0, 0.05) is 32.2 Å². The van der Waals surface area contributed by atoms with Crippen molar-refractivity contribution in [2.24, 2.45) is 11.8 Å². The van der Waals surface area contributed by atoms with E-state index in [9.17, 15) is 0 Å². The van der Waals surface area contributed by atoms with E-state index in [1.54, 1.807) is 0 Å². The maximum absolute atomic E-state index is 3.68. The van der Waals surface area contributed by atoms with Crippen molar-refractivity contribution in [3.8, 4) is 0 Å². The number of rotatable bonds is 9. The number of likely N-dealkylation sites (N-methyl/N-ethyl adjacent to an activating group) is 1. The summed E-state index contributed by atoms with van der Waals surface area (Å²) < 4.78 is 0. The third-order valence-corrected chi connectivity index (χ3v) is 4.10. The molecule has 19 heavy (non-hydrogen) atoms. The quantitative estimate of drug-likeness (QED) is 0.693. The minimum Gasteiger partial charge on any atom is -0.314 e. The van der Waals surface area contributed by atoms with Crippen molar-refractivity contribution in [2.45, 2.75) is 46.1 Å². The maximum Gasteiger partial charge on any atom is 0.0109 e. The Morgan fingerprint density at radius 1 is 1.16 bits per heavy atom. The van der Waals surface area contributed by atoms with Crippen molar-refractivity contribution >= 4 is 0 Å². The zero-order chi connectivity index (χ0) is 14.3. The van der Waals surface area contributed by atoms with Gasteiger partial charge in [-0.1, -0.05) is 27.2 Å². The molecule has 3 nitrogen and oxygen atoms in total. The molecule has 0 saturated heterocycles. The summed E-state index contributed by atoms with van der Waals surface area (Å²) in [6.45, 7) is 12.9. The van der Waals surface area contributed by atoms with Gasteiger partial charge in [0.05, 0.1) is 0 Å². The maximum atomic E-state index is 3.68. The van der Waals surface area contributed by atoms with E-state index in [4.69, 9.17) is 0 Å². The van der Waals surface area contributed by atoms with Gasteiger partial charge in [0.25, 0.3) is 0 Å². The van der Waals surface area contributed by atoms with Gasteiger partial charge in [0.1, 0.15) is 0 Å². The second-order valence-corrected chi connectivity index (χ2v) is 6.81. The van der Waals surface area contributed by atoms with Gasteiger partial charge in [-0.15, -0.1) is 0 Å². The van der Waals surface area contributed by atoms with Crippen LogP contribution in [0.5, 0.6) is 0 Å². The summed E-state index contributed by atoms with van der Waals surface area (Å²) in [5, 5.41) is 3.68. The molecule has 1 fully saturated rings. The molecule has 1 rings (SSSR count). The monoisotopic (exact) mass is 269 g/mol. The molecule has 1 aliphatic carbocycles. The summed E-state index contributed by atoms with van der Waals surface area (Å²) in [5.74, 6) is 1.63. The molecule has 0 radical (unpaired) electrons. The largest absolute Gasteiger partial charge is 0.314 e. The van der Waals surface area contributed by atoms with Crippen LogP contribution in [0.3, 0.4) is 0 Å². The van der Waals surface area contributed by atoms with E-state index in [0.717, 1.165) is 24.4 Å². The fourth-order valence-electron chi connectivity index (χ4n) is 3.23. The normalized spacial score (nSPS) is 24.0. The predicted molar refractivity (Wildman–Crippen MR) is 84.6 cm³/mol. The van der Waals surface area contributed by atoms with Crippen molar-refractivity contribution in [3.63, 3.8) is 0 Å². The van der Waals surface area contributed by atoms with E-state index in [-0.39, 0.29) is 0 Å². The lowest BCUT2D eigenvalue weighted by Gasteiger charge is -2.31. The first-order valence-corrected chi connectivity index (χ1v) is 8.13. The molecule has 0 amide bonds. The average Bonchev–Trinajstić information content (AvgIpc) is 2.73. The molecule has 0 aromatic rings. The van der Waals surface area contributed by atoms with Crippen LogP contribution >= 0.6 is 0 Å². The van der Waals surface area contributed by atoms with Crippen LogP contribution in [0.25, 0.3) is 0 Å². The lowest BCUT2D eigenvalue weighted by atomic mass is 10.0. The second kappa shape index (κ2) is 8.93. The van der Waals surface area contributed by atoms with Crippen LogP contribution in [0.1, 0.15) is 40.0 Å². The Hall–Kier alpha value is -0.120. The van der Waals surface area contributed by atoms with E-state index in [1.165, 1.54) is 45.4 Å². The molecular weight excluding hydrogens is 234 g/mol. The van der Waals surface area contributed by atoms with E-state index in [2.05, 4.69) is 50.0 Å². The highest BCUT2D eigenvalue weighted by Gasteiger charge is 2.28. The Balaban J connectivity index is 2.45. The molecule has 0 spiro atoms. The van der Waals surface area contributed by atoms with Crippen LogP contribution in [0.2, 0.25) is 0 Å². The van der Waals surface area contributed by atoms with E-state index >= 15 is 0 Å². The van der Waals surface area contributed by atoms with Crippen molar-refractivity contribution in [2.75, 3.05) is 46.8 Å². The van der Waals surface area contributed by atoms with E-state index in [1.807, 2.05) is 0 Å². The zero-order valence-corrected chi connectivity index (χ0v) is 13.8. The first-order valence-electron chi connectivity index (χ1n) is 8.13. The van der Waals surface area contributed by atoms with Gasteiger partial charge < -0.3 is 15.1 Å². The summed E-state index contributed by atoms with van der Waals surface area (Å²) >= 11 is 0. The number of nitrogens with zero attached hydrogens (tertiary/aromatic N) is 2. The molecule has 3 heteroatoms. The molecule has 2 unspecified atom stereocenters. The standard InChI is InChI=1S/C16H35N3/c1-6-17-16-9-7-8-15(16)13-19(12-14(2)3)11-10-18(4)5/h14-17H,6-13H2,1-5H3. The molecule has 1 aliphatic rings. The summed E-state index contributed by atoms with van der Waals surface area (Å²) in [5.41, 5.74) is 0. The highest BCUT2D eigenvalue weighted by molar-refractivity contribution is 4.85. The van der Waals surface area contributed by atoms with Crippen molar-refractivity contribution in [1.82, 2.24) is 15.1 Å². The van der Waals surface area contributed by atoms with Gasteiger partial charge in [-0.3, -0.25) is 0 Å². The van der Waals surface area contributed by atoms with Crippen molar-refractivity contribution in [1.29, 1.82) is 0 Å². The smallest absolute Gasteiger partial charge is 0.0109 e. The van der Waals surface area contributed by atoms with Crippen LogP contribution in [0, 0.1) is 11.8 Å². The molecule has 0 heterocycles. The molecule has 114 valence electrons. The Morgan fingerprint density at radius 3 is 2.47 bits per heavy atom. The van der Waals surface area contributed by atoms with Crippen molar-refractivity contribution < 1.29 is 0 Å². The Bertz CT molecular complexity index is 228. The molecule has 0 aromatic carbocycles. The molecule has 2 atom stereocenters. The van der Waals surface area contributed by atoms with Gasteiger partial charge in [-0.2, -0.15) is 0 Å². The third kappa shape index (κ3) is 6.73. The number of hydrogen-bond donors (Lipinski definition) is 1. The van der Waals surface area contributed by atoms with Crippen LogP contribution in [-0.4, -0.2) is 62.7 Å². The van der Waals surface area contributed by atoms with Gasteiger partial charge in [-0.05, 0) is 45.3 Å². The molecule has 0 aromatic heterocycles. The van der Waals surface area contributed by atoms with E-state index < -0.39 is 0 Å². The van der Waals surface area contributed by atoms with Gasteiger partial charge in [-0.25, -0.2) is 0 Å². The highest BCUT2D eigenvalue weighted by Crippen LogP contribution is 2.26. The van der Waals surface area contributed by atoms with Crippen LogP contribution in [0.15, 0.2) is 0 Å². The van der Waals surface area contributed by atoms with Gasteiger partial charge in [0.15, 0.2) is 0 Å². The SMILES string of the molecule is CCNC1CCCC1CN(CCN(C)C)CC(C)C. The Labute approximate surface area is 120 Å². The molecular formula is C16H35N3. The van der Waals surface area contributed by atoms with E-state index in [0.29, 0.717) is 0 Å². The van der Waals surface area contributed by atoms with Crippen molar-refractivity contribution in [3.05, 3.63) is 0 Å². The van der Waals surface area contributed by atoms with Crippen LogP contribution in [-0.2, 0) is 0 Å². The lowest BCUT2D eigenvalue weighted by molar-refractivity contribution is 0.179. The summed E-state index contributed by atoms with van der Waals surface area (Å²) in [7, 11) is 4.34. The first kappa shape index (κ1) is 16.9. The molecule has 1 N–H and O–H groups in total. The minimum absolute atomic E-state index is 0.763. The lowest BCUT2D eigenvalue weighted by Crippen LogP contribution is -2.42. The van der Waals surface area contributed by atoms with Crippen LogP contribution < -0.4 is 5.32 Å². The topological polar surface area (TPSA) is 18.5 Å². The number of hydrogen-bond acceptors (Lipinski definition) is 3. The average molecular weight is 269 g/mol. The third-order valence-electron chi connectivity index (χ3n) is 4.10. The molecule has 1 saturated carbocycles. The van der Waals surface area contributed by atoms with Gasteiger partial charge >= 0.3 is 0 Å². The minimum atomic E-state index is 0.763. The molecule has 0 bridgehead atoms. The fraction of sp³-hybridized carbons (Fsp3) is 1.00. The fourth-order valence-corrected chi connectivity index (χ4v) is 3.23. The Kier molecular flexibility index (Phi) is 7.96. The first-order chi connectivity index (χ1) is 9.02. The second-order valence-electron chi connectivity index (χ2n) is 6.81. The summed E-state index contributed by atoms with van der Waals surface area (Å²) in [6, 6.07) is 0.763.